The molecule has 2 aromatic heterocycles. The number of benzene rings is 1. The molecule has 1 amide bonds. The summed E-state index contributed by atoms with van der Waals surface area (Å²) in [4.78, 5) is 21.8. The average molecular weight is 453 g/mol. The predicted octanol–water partition coefficient (Wildman–Crippen LogP) is 3.10. The number of nitrogens with zero attached hydrogens (tertiary/aromatic N) is 3. The third-order valence-corrected chi connectivity index (χ3v) is 6.21. The van der Waals surface area contributed by atoms with Crippen molar-refractivity contribution in [1.82, 2.24) is 9.88 Å². The minimum Gasteiger partial charge on any atom is -0.389 e. The Morgan fingerprint density at radius 1 is 1.09 bits per heavy atom. The van der Waals surface area contributed by atoms with Gasteiger partial charge in [-0.1, -0.05) is 36.4 Å². The lowest BCUT2D eigenvalue weighted by Gasteiger charge is -2.36. The first-order chi connectivity index (χ1) is 15.7. The lowest BCUT2D eigenvalue weighted by atomic mass is 10.2. The third-order valence-electron chi connectivity index (χ3n) is 5.34. The molecule has 1 aliphatic rings. The molecule has 0 radical (unpaired) electrons. The van der Waals surface area contributed by atoms with Crippen LogP contribution >= 0.6 is 11.3 Å². The molecule has 0 spiro atoms. The second kappa shape index (κ2) is 11.2. The number of β-amino-alcohol motifs (C(OH)–C–C–N with tert-alkyl or cyclic N) is 1. The van der Waals surface area contributed by atoms with E-state index in [9.17, 15) is 9.90 Å². The van der Waals surface area contributed by atoms with Crippen molar-refractivity contribution in [2.24, 2.45) is 0 Å². The number of amides is 1. The van der Waals surface area contributed by atoms with Gasteiger partial charge in [0.25, 0.3) is 5.91 Å². The highest BCUT2D eigenvalue weighted by atomic mass is 32.1. The highest BCUT2D eigenvalue weighted by Gasteiger charge is 2.20. The highest BCUT2D eigenvalue weighted by molar-refractivity contribution is 7.12. The summed E-state index contributed by atoms with van der Waals surface area (Å²) in [5.74, 6) is 0.778. The van der Waals surface area contributed by atoms with Gasteiger partial charge in [0.05, 0.1) is 36.1 Å². The number of carbonyl (C=O) groups is 1. The average Bonchev–Trinajstić information content (AvgIpc) is 3.36. The maximum Gasteiger partial charge on any atom is 0.265 e. The number of piperazine rings is 1. The molecule has 168 valence electrons. The van der Waals surface area contributed by atoms with Crippen molar-refractivity contribution < 1.29 is 14.6 Å². The molecule has 0 bridgehead atoms. The number of aromatic nitrogens is 1. The highest BCUT2D eigenvalue weighted by Crippen LogP contribution is 2.18. The molecule has 7 nitrogen and oxygen atoms in total. The summed E-state index contributed by atoms with van der Waals surface area (Å²) in [6.45, 7) is 4.83. The first-order valence-electron chi connectivity index (χ1n) is 10.8. The van der Waals surface area contributed by atoms with E-state index >= 15 is 0 Å². The Morgan fingerprint density at radius 2 is 1.91 bits per heavy atom. The lowest BCUT2D eigenvalue weighted by molar-refractivity contribution is 0.00912. The van der Waals surface area contributed by atoms with Crippen LogP contribution in [0.4, 0.5) is 11.5 Å². The Labute approximate surface area is 192 Å². The monoisotopic (exact) mass is 452 g/mol. The number of thiophene rings is 1. The van der Waals surface area contributed by atoms with E-state index in [0.29, 0.717) is 30.3 Å². The van der Waals surface area contributed by atoms with Crippen LogP contribution in [0.2, 0.25) is 0 Å². The molecular weight excluding hydrogens is 424 g/mol. The molecule has 3 heterocycles. The van der Waals surface area contributed by atoms with Crippen molar-refractivity contribution in [3.8, 4) is 0 Å². The van der Waals surface area contributed by atoms with Crippen LogP contribution in [0.15, 0.2) is 66.2 Å². The van der Waals surface area contributed by atoms with E-state index in [0.717, 1.165) is 37.6 Å². The van der Waals surface area contributed by atoms with Crippen LogP contribution in [-0.4, -0.2) is 66.3 Å². The van der Waals surface area contributed by atoms with Gasteiger partial charge in [-0.25, -0.2) is 4.98 Å². The van der Waals surface area contributed by atoms with Crippen LogP contribution in [0.25, 0.3) is 0 Å². The van der Waals surface area contributed by atoms with Crippen LogP contribution in [0.1, 0.15) is 15.2 Å². The Kier molecular flexibility index (Phi) is 7.84. The standard InChI is InChI=1S/C24H28N4O3S/c29-21(18-31-17-19-5-2-1-3-6-19)16-27-10-12-28(13-11-27)23-9-8-20(15-25-23)26-24(30)22-7-4-14-32-22/h1-9,14-15,21,29H,10-13,16-18H2,(H,26,30). The molecule has 1 aliphatic heterocycles. The maximum absolute atomic E-state index is 12.2. The number of rotatable bonds is 9. The second-order valence-corrected chi connectivity index (χ2v) is 8.73. The molecular formula is C24H28N4O3S. The SMILES string of the molecule is O=C(Nc1ccc(N2CCN(CC(O)COCc3ccccc3)CC2)nc1)c1cccs1. The summed E-state index contributed by atoms with van der Waals surface area (Å²) in [6.07, 6.45) is 1.19. The first-order valence-corrected chi connectivity index (χ1v) is 11.6. The predicted molar refractivity (Wildman–Crippen MR) is 127 cm³/mol. The molecule has 4 rings (SSSR count). The molecule has 0 aliphatic carbocycles. The Hall–Kier alpha value is -2.78. The summed E-state index contributed by atoms with van der Waals surface area (Å²) in [5, 5.41) is 15.1. The number of anilines is 2. The number of hydrogen-bond acceptors (Lipinski definition) is 7. The zero-order chi connectivity index (χ0) is 22.2. The summed E-state index contributed by atoms with van der Waals surface area (Å²) in [7, 11) is 0. The third kappa shape index (κ3) is 6.37. The summed E-state index contributed by atoms with van der Waals surface area (Å²) in [6, 6.07) is 17.5. The van der Waals surface area contributed by atoms with Gasteiger partial charge in [0, 0.05) is 32.7 Å². The number of ether oxygens (including phenoxy) is 1. The number of hydrogen-bond donors (Lipinski definition) is 2. The van der Waals surface area contributed by atoms with Crippen molar-refractivity contribution in [3.63, 3.8) is 0 Å². The summed E-state index contributed by atoms with van der Waals surface area (Å²) in [5.41, 5.74) is 1.79. The van der Waals surface area contributed by atoms with Gasteiger partial charge >= 0.3 is 0 Å². The fourth-order valence-corrected chi connectivity index (χ4v) is 4.26. The van der Waals surface area contributed by atoms with E-state index in [-0.39, 0.29) is 5.91 Å². The molecule has 1 saturated heterocycles. The van der Waals surface area contributed by atoms with Gasteiger partial charge in [-0.3, -0.25) is 9.69 Å². The molecule has 0 saturated carbocycles. The van der Waals surface area contributed by atoms with Crippen molar-refractivity contribution in [2.45, 2.75) is 12.7 Å². The number of aliphatic hydroxyl groups excluding tert-OH is 1. The number of pyridine rings is 1. The minimum absolute atomic E-state index is 0.116. The first kappa shape index (κ1) is 22.4. The Morgan fingerprint density at radius 3 is 2.59 bits per heavy atom. The minimum atomic E-state index is -0.505. The Balaban J connectivity index is 1.17. The normalized spacial score (nSPS) is 15.5. The van der Waals surface area contributed by atoms with E-state index in [1.54, 1.807) is 12.3 Å². The molecule has 1 fully saturated rings. The van der Waals surface area contributed by atoms with Crippen LogP contribution in [0.3, 0.4) is 0 Å². The van der Waals surface area contributed by atoms with Gasteiger partial charge in [0.1, 0.15) is 5.82 Å². The molecule has 3 aromatic rings. The van der Waals surface area contributed by atoms with Gasteiger partial charge in [-0.15, -0.1) is 11.3 Å². The van der Waals surface area contributed by atoms with Crippen LogP contribution in [0, 0.1) is 0 Å². The van der Waals surface area contributed by atoms with E-state index in [2.05, 4.69) is 20.1 Å². The molecule has 8 heteroatoms. The van der Waals surface area contributed by atoms with E-state index < -0.39 is 6.10 Å². The molecule has 1 atom stereocenters. The second-order valence-electron chi connectivity index (χ2n) is 7.78. The molecule has 32 heavy (non-hydrogen) atoms. The summed E-state index contributed by atoms with van der Waals surface area (Å²) < 4.78 is 5.65. The largest absolute Gasteiger partial charge is 0.389 e. The van der Waals surface area contributed by atoms with Gasteiger partial charge in [0.2, 0.25) is 0 Å². The molecule has 2 N–H and O–H groups in total. The molecule has 1 aromatic carbocycles. The number of aliphatic hydroxyl groups is 1. The maximum atomic E-state index is 12.2. The van der Waals surface area contributed by atoms with E-state index in [1.165, 1.54) is 11.3 Å². The lowest BCUT2D eigenvalue weighted by Crippen LogP contribution is -2.49. The van der Waals surface area contributed by atoms with Crippen molar-refractivity contribution in [2.75, 3.05) is 49.5 Å². The van der Waals surface area contributed by atoms with Crippen LogP contribution in [0.5, 0.6) is 0 Å². The van der Waals surface area contributed by atoms with E-state index in [4.69, 9.17) is 4.74 Å². The molecule has 1 unspecified atom stereocenters. The van der Waals surface area contributed by atoms with Crippen molar-refractivity contribution in [1.29, 1.82) is 0 Å². The Bertz CT molecular complexity index is 959. The fourth-order valence-electron chi connectivity index (χ4n) is 3.64. The fraction of sp³-hybridized carbons (Fsp3) is 0.333. The van der Waals surface area contributed by atoms with E-state index in [1.807, 2.05) is 53.9 Å². The van der Waals surface area contributed by atoms with Gasteiger partial charge in [-0.05, 0) is 29.1 Å². The zero-order valence-corrected chi connectivity index (χ0v) is 18.7. The topological polar surface area (TPSA) is 77.9 Å². The quantitative estimate of drug-likeness (QED) is 0.520. The van der Waals surface area contributed by atoms with Crippen LogP contribution < -0.4 is 10.2 Å². The van der Waals surface area contributed by atoms with Gasteiger partial charge < -0.3 is 20.1 Å². The van der Waals surface area contributed by atoms with Crippen molar-refractivity contribution in [3.05, 3.63) is 76.6 Å². The zero-order valence-electron chi connectivity index (χ0n) is 17.9. The number of carbonyl (C=O) groups excluding carboxylic acids is 1. The van der Waals surface area contributed by atoms with Crippen molar-refractivity contribution >= 4 is 28.7 Å². The number of nitrogens with one attached hydrogen (secondary N) is 1. The van der Waals surface area contributed by atoms with Gasteiger partial charge in [-0.2, -0.15) is 0 Å². The summed E-state index contributed by atoms with van der Waals surface area (Å²) >= 11 is 1.41. The van der Waals surface area contributed by atoms with Crippen LogP contribution in [-0.2, 0) is 11.3 Å². The van der Waals surface area contributed by atoms with Gasteiger partial charge in [0.15, 0.2) is 0 Å². The smallest absolute Gasteiger partial charge is 0.265 e.